The highest BCUT2D eigenvalue weighted by Gasteiger charge is 2.25. The van der Waals surface area contributed by atoms with E-state index in [1.807, 2.05) is 4.72 Å². The van der Waals surface area contributed by atoms with E-state index >= 15 is 0 Å². The second-order valence-corrected chi connectivity index (χ2v) is 7.02. The normalized spacial score (nSPS) is 11.0. The number of halogens is 2. The number of carbonyl (C=O) groups excluding carboxylic acids is 2. The van der Waals surface area contributed by atoms with Crippen LogP contribution in [-0.2, 0) is 19.5 Å². The molecule has 0 unspecified atom stereocenters. The number of hydrogen-bond donors (Lipinski definition) is 1. The van der Waals surface area contributed by atoms with E-state index in [2.05, 4.69) is 0 Å². The molecule has 28 heavy (non-hydrogen) atoms. The third-order valence-corrected chi connectivity index (χ3v) is 4.83. The first-order valence-corrected chi connectivity index (χ1v) is 9.64. The molecule has 0 aliphatic heterocycles. The van der Waals surface area contributed by atoms with Gasteiger partial charge in [0.2, 0.25) is 0 Å². The molecular formula is C18H17F2NO6S. The Hall–Kier alpha value is -3.01. The SMILES string of the molecule is CCOC(=O)c1cc(NS(=O)(=O)c2c(F)cccc2F)cc(C(=O)OCC)c1. The van der Waals surface area contributed by atoms with Crippen molar-refractivity contribution in [1.29, 1.82) is 0 Å². The zero-order valence-electron chi connectivity index (χ0n) is 15.0. The van der Waals surface area contributed by atoms with E-state index in [-0.39, 0.29) is 30.0 Å². The molecule has 2 rings (SSSR count). The predicted octanol–water partition coefficient (Wildman–Crippen LogP) is 3.12. The van der Waals surface area contributed by atoms with Gasteiger partial charge in [0.15, 0.2) is 4.90 Å². The Morgan fingerprint density at radius 1 is 0.929 bits per heavy atom. The number of benzene rings is 2. The van der Waals surface area contributed by atoms with Gasteiger partial charge in [-0.05, 0) is 44.2 Å². The topological polar surface area (TPSA) is 98.8 Å². The lowest BCUT2D eigenvalue weighted by Gasteiger charge is -2.12. The molecule has 0 saturated heterocycles. The maximum atomic E-state index is 13.9. The Morgan fingerprint density at radius 2 is 1.39 bits per heavy atom. The van der Waals surface area contributed by atoms with Gasteiger partial charge in [-0.2, -0.15) is 0 Å². The van der Waals surface area contributed by atoms with Crippen molar-refractivity contribution in [3.05, 3.63) is 59.2 Å². The number of esters is 2. The molecule has 0 radical (unpaired) electrons. The van der Waals surface area contributed by atoms with Crippen LogP contribution in [0, 0.1) is 11.6 Å². The highest BCUT2D eigenvalue weighted by atomic mass is 32.2. The van der Waals surface area contributed by atoms with Gasteiger partial charge in [-0.25, -0.2) is 26.8 Å². The molecule has 0 aromatic heterocycles. The molecule has 150 valence electrons. The van der Waals surface area contributed by atoms with E-state index in [1.165, 1.54) is 0 Å². The van der Waals surface area contributed by atoms with Gasteiger partial charge in [0, 0.05) is 0 Å². The van der Waals surface area contributed by atoms with Crippen LogP contribution in [0.4, 0.5) is 14.5 Å². The largest absolute Gasteiger partial charge is 0.462 e. The fourth-order valence-electron chi connectivity index (χ4n) is 2.30. The Labute approximate surface area is 160 Å². The van der Waals surface area contributed by atoms with Crippen LogP contribution in [0.3, 0.4) is 0 Å². The zero-order valence-corrected chi connectivity index (χ0v) is 15.8. The van der Waals surface area contributed by atoms with Crippen LogP contribution in [0.2, 0.25) is 0 Å². The van der Waals surface area contributed by atoms with Gasteiger partial charge in [0.05, 0.1) is 30.0 Å². The molecule has 1 N–H and O–H groups in total. The minimum atomic E-state index is -4.69. The van der Waals surface area contributed by atoms with E-state index in [0.717, 1.165) is 36.4 Å². The van der Waals surface area contributed by atoms with Crippen molar-refractivity contribution in [3.8, 4) is 0 Å². The van der Waals surface area contributed by atoms with E-state index in [1.54, 1.807) is 13.8 Å². The summed E-state index contributed by atoms with van der Waals surface area (Å²) >= 11 is 0. The van der Waals surface area contributed by atoms with Crippen LogP contribution >= 0.6 is 0 Å². The molecule has 0 amide bonds. The van der Waals surface area contributed by atoms with Gasteiger partial charge in [0.1, 0.15) is 11.6 Å². The molecule has 0 fully saturated rings. The van der Waals surface area contributed by atoms with Crippen LogP contribution < -0.4 is 4.72 Å². The summed E-state index contributed by atoms with van der Waals surface area (Å²) in [5, 5.41) is 0. The van der Waals surface area contributed by atoms with Crippen molar-refractivity contribution >= 4 is 27.6 Å². The monoisotopic (exact) mass is 413 g/mol. The van der Waals surface area contributed by atoms with Crippen LogP contribution in [0.1, 0.15) is 34.6 Å². The molecule has 10 heteroatoms. The average Bonchev–Trinajstić information content (AvgIpc) is 2.61. The summed E-state index contributed by atoms with van der Waals surface area (Å²) in [4.78, 5) is 22.8. The summed E-state index contributed by atoms with van der Waals surface area (Å²) in [6, 6.07) is 5.92. The predicted molar refractivity (Wildman–Crippen MR) is 95.5 cm³/mol. The standard InChI is InChI=1S/C18H17F2NO6S/c1-3-26-17(22)11-8-12(18(23)27-4-2)10-13(9-11)21-28(24,25)16-14(19)6-5-7-15(16)20/h5-10,21H,3-4H2,1-2H3. The first-order chi connectivity index (χ1) is 13.2. The van der Waals surface area contributed by atoms with Gasteiger partial charge in [0.25, 0.3) is 10.0 Å². The van der Waals surface area contributed by atoms with Crippen LogP contribution in [0.5, 0.6) is 0 Å². The molecule has 0 atom stereocenters. The number of rotatable bonds is 7. The quantitative estimate of drug-likeness (QED) is 0.701. The van der Waals surface area contributed by atoms with Crippen LogP contribution in [0.15, 0.2) is 41.3 Å². The Morgan fingerprint density at radius 3 is 1.82 bits per heavy atom. The number of nitrogens with one attached hydrogen (secondary N) is 1. The lowest BCUT2D eigenvalue weighted by atomic mass is 10.1. The highest BCUT2D eigenvalue weighted by Crippen LogP contribution is 2.24. The lowest BCUT2D eigenvalue weighted by Crippen LogP contribution is -2.18. The average molecular weight is 413 g/mol. The zero-order chi connectivity index (χ0) is 20.9. The summed E-state index contributed by atoms with van der Waals surface area (Å²) in [7, 11) is -4.69. The highest BCUT2D eigenvalue weighted by molar-refractivity contribution is 7.92. The first-order valence-electron chi connectivity index (χ1n) is 8.15. The van der Waals surface area contributed by atoms with Crippen LogP contribution in [-0.4, -0.2) is 33.6 Å². The number of hydrogen-bond acceptors (Lipinski definition) is 6. The number of ether oxygens (including phenoxy) is 2. The maximum absolute atomic E-state index is 13.9. The van der Waals surface area contributed by atoms with E-state index in [4.69, 9.17) is 9.47 Å². The molecule has 0 aliphatic carbocycles. The number of anilines is 1. The fraction of sp³-hybridized carbons (Fsp3) is 0.222. The van der Waals surface area contributed by atoms with Crippen molar-refractivity contribution in [2.45, 2.75) is 18.7 Å². The van der Waals surface area contributed by atoms with Gasteiger partial charge >= 0.3 is 11.9 Å². The van der Waals surface area contributed by atoms with Crippen LogP contribution in [0.25, 0.3) is 0 Å². The van der Waals surface area contributed by atoms with Crippen molar-refractivity contribution in [2.24, 2.45) is 0 Å². The summed E-state index contributed by atoms with van der Waals surface area (Å²) < 4.78 is 64.2. The minimum Gasteiger partial charge on any atom is -0.462 e. The van der Waals surface area contributed by atoms with Crippen molar-refractivity contribution < 1.29 is 36.3 Å². The van der Waals surface area contributed by atoms with Gasteiger partial charge in [-0.3, -0.25) is 4.72 Å². The van der Waals surface area contributed by atoms with Gasteiger partial charge < -0.3 is 9.47 Å². The van der Waals surface area contributed by atoms with Gasteiger partial charge in [-0.15, -0.1) is 0 Å². The third kappa shape index (κ3) is 4.83. The van der Waals surface area contributed by atoms with E-state index < -0.39 is 38.5 Å². The minimum absolute atomic E-state index is 0.0456. The maximum Gasteiger partial charge on any atom is 0.338 e. The molecular weight excluding hydrogens is 396 g/mol. The Bertz CT molecular complexity index is 951. The molecule has 2 aromatic carbocycles. The Balaban J connectivity index is 2.51. The van der Waals surface area contributed by atoms with Crippen molar-refractivity contribution in [1.82, 2.24) is 0 Å². The molecule has 0 heterocycles. The lowest BCUT2D eigenvalue weighted by molar-refractivity contribution is 0.0525. The summed E-state index contributed by atoms with van der Waals surface area (Å²) in [6.07, 6.45) is 0. The first kappa shape index (κ1) is 21.3. The van der Waals surface area contributed by atoms with Crippen molar-refractivity contribution in [2.75, 3.05) is 17.9 Å². The van der Waals surface area contributed by atoms with Gasteiger partial charge in [-0.1, -0.05) is 6.07 Å². The molecule has 0 spiro atoms. The second kappa shape index (κ2) is 8.79. The van der Waals surface area contributed by atoms with E-state index in [0.29, 0.717) is 0 Å². The second-order valence-electron chi connectivity index (χ2n) is 5.40. The molecule has 0 bridgehead atoms. The van der Waals surface area contributed by atoms with Crippen molar-refractivity contribution in [3.63, 3.8) is 0 Å². The molecule has 0 saturated carbocycles. The smallest absolute Gasteiger partial charge is 0.338 e. The summed E-state index contributed by atoms with van der Waals surface area (Å²) in [5.41, 5.74) is -0.547. The summed E-state index contributed by atoms with van der Waals surface area (Å²) in [6.45, 7) is 3.23. The summed E-state index contributed by atoms with van der Waals surface area (Å²) in [5.74, 6) is -4.21. The fourth-order valence-corrected chi connectivity index (χ4v) is 3.48. The Kier molecular flexibility index (Phi) is 6.68. The van der Waals surface area contributed by atoms with E-state index in [9.17, 15) is 26.8 Å². The number of sulfonamides is 1. The molecule has 2 aromatic rings. The molecule has 7 nitrogen and oxygen atoms in total. The third-order valence-electron chi connectivity index (χ3n) is 3.40. The number of carbonyl (C=O) groups is 2. The molecule has 0 aliphatic rings.